The lowest BCUT2D eigenvalue weighted by Gasteiger charge is -2.12. The Morgan fingerprint density at radius 1 is 1.06 bits per heavy atom. The third kappa shape index (κ3) is 7.62. The number of ether oxygens (including phenoxy) is 1. The largest absolute Gasteiger partial charge is 0.494 e. The number of urea groups is 1. The van der Waals surface area contributed by atoms with Crippen LogP contribution in [0.4, 0.5) is 4.79 Å². The average molecular weight is 482 g/mol. The first-order valence-corrected chi connectivity index (χ1v) is 12.4. The van der Waals surface area contributed by atoms with Gasteiger partial charge in [0.2, 0.25) is 5.91 Å². The van der Waals surface area contributed by atoms with E-state index in [1.807, 2.05) is 66.1 Å². The van der Waals surface area contributed by atoms with Gasteiger partial charge in [0, 0.05) is 18.7 Å². The fourth-order valence-electron chi connectivity index (χ4n) is 3.22. The highest BCUT2D eigenvalue weighted by molar-refractivity contribution is 7.99. The summed E-state index contributed by atoms with van der Waals surface area (Å²) >= 11 is 1.23. The van der Waals surface area contributed by atoms with E-state index in [-0.39, 0.29) is 5.75 Å². The summed E-state index contributed by atoms with van der Waals surface area (Å²) in [7, 11) is 0. The van der Waals surface area contributed by atoms with Crippen LogP contribution < -0.4 is 15.4 Å². The van der Waals surface area contributed by atoms with E-state index in [9.17, 15) is 9.59 Å². The summed E-state index contributed by atoms with van der Waals surface area (Å²) in [5.74, 6) is 1.66. The standard InChI is InChI=1S/C25H31N5O3S/c1-4-33-21-12-10-20(11-13-21)30-22(16-19-8-6-5-7-9-19)28-29-25(30)34-17-23(31)27-24(32)26-15-14-18(2)3/h5-13,18H,4,14-17H2,1-3H3,(H2,26,27,31,32). The average Bonchev–Trinajstić information content (AvgIpc) is 3.21. The first kappa shape index (κ1) is 25.3. The second kappa shape index (κ2) is 12.8. The topological polar surface area (TPSA) is 98.1 Å². The van der Waals surface area contributed by atoms with Crippen molar-refractivity contribution in [2.75, 3.05) is 18.9 Å². The van der Waals surface area contributed by atoms with Crippen molar-refractivity contribution < 1.29 is 14.3 Å². The molecule has 0 saturated heterocycles. The molecule has 8 nitrogen and oxygen atoms in total. The maximum Gasteiger partial charge on any atom is 0.321 e. The van der Waals surface area contributed by atoms with Gasteiger partial charge in [0.05, 0.1) is 12.4 Å². The summed E-state index contributed by atoms with van der Waals surface area (Å²) < 4.78 is 7.49. The number of nitrogens with zero attached hydrogens (tertiary/aromatic N) is 3. The summed E-state index contributed by atoms with van der Waals surface area (Å²) in [6.07, 6.45) is 1.44. The van der Waals surface area contributed by atoms with Gasteiger partial charge in [0.25, 0.3) is 0 Å². The zero-order chi connectivity index (χ0) is 24.3. The molecule has 3 amide bonds. The predicted molar refractivity (Wildman–Crippen MR) is 133 cm³/mol. The third-order valence-electron chi connectivity index (χ3n) is 4.90. The Morgan fingerprint density at radius 3 is 2.47 bits per heavy atom. The van der Waals surface area contributed by atoms with Crippen LogP contribution in [0.5, 0.6) is 5.75 Å². The minimum atomic E-state index is -0.482. The van der Waals surface area contributed by atoms with Gasteiger partial charge in [-0.2, -0.15) is 0 Å². The molecule has 0 radical (unpaired) electrons. The number of hydrogen-bond donors (Lipinski definition) is 2. The van der Waals surface area contributed by atoms with Gasteiger partial charge in [0.15, 0.2) is 5.16 Å². The summed E-state index contributed by atoms with van der Waals surface area (Å²) in [5, 5.41) is 14.4. The van der Waals surface area contributed by atoms with Crippen molar-refractivity contribution >= 4 is 23.7 Å². The van der Waals surface area contributed by atoms with Gasteiger partial charge in [-0.05, 0) is 49.1 Å². The van der Waals surface area contributed by atoms with Crippen LogP contribution >= 0.6 is 11.8 Å². The van der Waals surface area contributed by atoms with Crippen molar-refractivity contribution in [3.8, 4) is 11.4 Å². The van der Waals surface area contributed by atoms with E-state index in [1.165, 1.54) is 11.8 Å². The van der Waals surface area contributed by atoms with Gasteiger partial charge >= 0.3 is 6.03 Å². The molecule has 2 aromatic carbocycles. The normalized spacial score (nSPS) is 10.8. The fraction of sp³-hybridized carbons (Fsp3) is 0.360. The molecule has 9 heteroatoms. The molecule has 0 bridgehead atoms. The maximum absolute atomic E-state index is 12.3. The highest BCUT2D eigenvalue weighted by Crippen LogP contribution is 2.25. The number of carbonyl (C=O) groups is 2. The van der Waals surface area contributed by atoms with E-state index >= 15 is 0 Å². The summed E-state index contributed by atoms with van der Waals surface area (Å²) in [6.45, 7) is 7.21. The number of carbonyl (C=O) groups excluding carboxylic acids is 2. The second-order valence-corrected chi connectivity index (χ2v) is 9.04. The molecule has 0 saturated carbocycles. The molecule has 0 fully saturated rings. The molecule has 180 valence electrons. The van der Waals surface area contributed by atoms with E-state index in [1.54, 1.807) is 0 Å². The van der Waals surface area contributed by atoms with Gasteiger partial charge in [0.1, 0.15) is 11.6 Å². The summed E-state index contributed by atoms with van der Waals surface area (Å²) in [4.78, 5) is 24.2. The fourth-order valence-corrected chi connectivity index (χ4v) is 3.99. The molecular formula is C25H31N5O3S. The number of rotatable bonds is 11. The Morgan fingerprint density at radius 2 is 1.79 bits per heavy atom. The van der Waals surface area contributed by atoms with E-state index < -0.39 is 11.9 Å². The smallest absolute Gasteiger partial charge is 0.321 e. The Balaban J connectivity index is 1.72. The number of thioether (sulfide) groups is 1. The van der Waals surface area contributed by atoms with Gasteiger partial charge in [-0.3, -0.25) is 14.7 Å². The lowest BCUT2D eigenvalue weighted by molar-refractivity contribution is -0.117. The van der Waals surface area contributed by atoms with Crippen LogP contribution in [-0.2, 0) is 11.2 Å². The number of aromatic nitrogens is 3. The molecule has 0 atom stereocenters. The molecule has 0 spiro atoms. The molecule has 3 aromatic rings. The van der Waals surface area contributed by atoms with Crippen LogP contribution in [0.3, 0.4) is 0 Å². The number of benzene rings is 2. The third-order valence-corrected chi connectivity index (χ3v) is 5.83. The Hall–Kier alpha value is -3.33. The second-order valence-electron chi connectivity index (χ2n) is 8.10. The SMILES string of the molecule is CCOc1ccc(-n2c(Cc3ccccc3)nnc2SCC(=O)NC(=O)NCCC(C)C)cc1. The molecule has 2 N–H and O–H groups in total. The zero-order valence-electron chi connectivity index (χ0n) is 19.8. The molecule has 0 aliphatic heterocycles. The van der Waals surface area contributed by atoms with Crippen LogP contribution in [0.1, 0.15) is 38.6 Å². The number of hydrogen-bond acceptors (Lipinski definition) is 6. The predicted octanol–water partition coefficient (Wildman–Crippen LogP) is 4.22. The minimum Gasteiger partial charge on any atom is -0.494 e. The van der Waals surface area contributed by atoms with Crippen molar-refractivity contribution in [2.45, 2.75) is 38.8 Å². The Labute approximate surface area is 204 Å². The first-order chi connectivity index (χ1) is 16.5. The van der Waals surface area contributed by atoms with Crippen LogP contribution in [0.15, 0.2) is 59.8 Å². The highest BCUT2D eigenvalue weighted by atomic mass is 32.2. The van der Waals surface area contributed by atoms with Crippen molar-refractivity contribution in [1.82, 2.24) is 25.4 Å². The highest BCUT2D eigenvalue weighted by Gasteiger charge is 2.17. The van der Waals surface area contributed by atoms with Gasteiger partial charge in [-0.15, -0.1) is 10.2 Å². The molecule has 1 aromatic heterocycles. The molecule has 34 heavy (non-hydrogen) atoms. The number of amides is 3. The first-order valence-electron chi connectivity index (χ1n) is 11.4. The Bertz CT molecular complexity index is 1070. The van der Waals surface area contributed by atoms with Gasteiger partial charge in [-0.25, -0.2) is 4.79 Å². The van der Waals surface area contributed by atoms with Crippen LogP contribution in [-0.4, -0.2) is 45.6 Å². The summed E-state index contributed by atoms with van der Waals surface area (Å²) in [5.41, 5.74) is 1.98. The van der Waals surface area contributed by atoms with Crippen molar-refractivity contribution in [1.29, 1.82) is 0 Å². The van der Waals surface area contributed by atoms with E-state index in [4.69, 9.17) is 4.74 Å². The van der Waals surface area contributed by atoms with Crippen molar-refractivity contribution in [3.63, 3.8) is 0 Å². The van der Waals surface area contributed by atoms with E-state index in [2.05, 4.69) is 34.7 Å². The van der Waals surface area contributed by atoms with Crippen LogP contribution in [0.25, 0.3) is 5.69 Å². The number of imide groups is 1. The zero-order valence-corrected chi connectivity index (χ0v) is 20.6. The molecule has 1 heterocycles. The molecule has 0 unspecified atom stereocenters. The Kier molecular flexibility index (Phi) is 9.51. The van der Waals surface area contributed by atoms with Gasteiger partial charge in [-0.1, -0.05) is 55.9 Å². The lowest BCUT2D eigenvalue weighted by atomic mass is 10.1. The van der Waals surface area contributed by atoms with Crippen molar-refractivity contribution in [2.24, 2.45) is 5.92 Å². The molecular weight excluding hydrogens is 450 g/mol. The van der Waals surface area contributed by atoms with Gasteiger partial charge < -0.3 is 10.1 Å². The van der Waals surface area contributed by atoms with E-state index in [0.29, 0.717) is 30.6 Å². The lowest BCUT2D eigenvalue weighted by Crippen LogP contribution is -2.40. The maximum atomic E-state index is 12.3. The minimum absolute atomic E-state index is 0.0398. The monoisotopic (exact) mass is 481 g/mol. The van der Waals surface area contributed by atoms with Crippen LogP contribution in [0, 0.1) is 5.92 Å². The summed E-state index contributed by atoms with van der Waals surface area (Å²) in [6, 6.07) is 17.2. The quantitative estimate of drug-likeness (QED) is 0.398. The molecule has 0 aliphatic carbocycles. The number of nitrogens with one attached hydrogen (secondary N) is 2. The molecule has 3 rings (SSSR count). The van der Waals surface area contributed by atoms with Crippen molar-refractivity contribution in [3.05, 3.63) is 66.0 Å². The molecule has 0 aliphatic rings. The van der Waals surface area contributed by atoms with E-state index in [0.717, 1.165) is 29.2 Å². The van der Waals surface area contributed by atoms with Crippen LogP contribution in [0.2, 0.25) is 0 Å².